The maximum absolute atomic E-state index is 12.2. The smallest absolute Gasteiger partial charge is 0.387 e. The Morgan fingerprint density at radius 2 is 2.35 bits per heavy atom. The molecule has 4 nitrogen and oxygen atoms in total. The van der Waals surface area contributed by atoms with Gasteiger partial charge in [0.1, 0.15) is 11.8 Å². The predicted molar refractivity (Wildman–Crippen MR) is 71.8 cm³/mol. The minimum absolute atomic E-state index is 0.111. The lowest BCUT2D eigenvalue weighted by Crippen LogP contribution is -2.35. The van der Waals surface area contributed by atoms with Crippen molar-refractivity contribution in [1.82, 2.24) is 5.32 Å². The van der Waals surface area contributed by atoms with Gasteiger partial charge in [-0.2, -0.15) is 8.78 Å². The van der Waals surface area contributed by atoms with E-state index in [1.807, 2.05) is 0 Å². The Bertz CT molecular complexity index is 473. The Morgan fingerprint density at radius 3 is 3.05 bits per heavy atom. The Morgan fingerprint density at radius 1 is 1.55 bits per heavy atom. The lowest BCUT2D eigenvalue weighted by Gasteiger charge is -2.14. The molecular weight excluding hydrogens is 288 g/mol. The van der Waals surface area contributed by atoms with Crippen molar-refractivity contribution in [3.8, 4) is 5.75 Å². The van der Waals surface area contributed by atoms with E-state index in [0.29, 0.717) is 12.4 Å². The molecule has 0 aliphatic carbocycles. The van der Waals surface area contributed by atoms with E-state index in [1.165, 1.54) is 17.8 Å². The van der Waals surface area contributed by atoms with Crippen LogP contribution in [0.25, 0.3) is 0 Å². The van der Waals surface area contributed by atoms with Gasteiger partial charge in [-0.3, -0.25) is 10.1 Å². The average Bonchev–Trinajstić information content (AvgIpc) is 2.88. The number of hydrogen-bond acceptors (Lipinski definition) is 5. The molecule has 1 aliphatic rings. The molecule has 2 atom stereocenters. The number of alkyl halides is 2. The van der Waals surface area contributed by atoms with Gasteiger partial charge in [0, 0.05) is 5.75 Å². The SMILES string of the molecule is CCOC(=O)[C@@H]1CSC(c2cccc(OC(F)F)c2)N1. The second-order valence-electron chi connectivity index (χ2n) is 4.14. The topological polar surface area (TPSA) is 47.6 Å². The van der Waals surface area contributed by atoms with Gasteiger partial charge in [0.05, 0.1) is 12.0 Å². The van der Waals surface area contributed by atoms with E-state index < -0.39 is 6.61 Å². The molecule has 1 unspecified atom stereocenters. The number of hydrogen-bond donors (Lipinski definition) is 1. The van der Waals surface area contributed by atoms with Crippen molar-refractivity contribution in [2.24, 2.45) is 0 Å². The van der Waals surface area contributed by atoms with E-state index in [9.17, 15) is 13.6 Å². The standard InChI is InChI=1S/C13H15F2NO3S/c1-2-18-12(17)10-7-20-11(16-10)8-4-3-5-9(6-8)19-13(14)15/h3-6,10-11,13,16H,2,7H2,1H3/t10-,11?/m0/s1. The molecule has 20 heavy (non-hydrogen) atoms. The second-order valence-corrected chi connectivity index (χ2v) is 5.27. The van der Waals surface area contributed by atoms with Crippen LogP contribution in [0.5, 0.6) is 5.75 Å². The monoisotopic (exact) mass is 303 g/mol. The number of halogens is 2. The molecule has 1 aromatic carbocycles. The maximum atomic E-state index is 12.2. The first-order valence-electron chi connectivity index (χ1n) is 6.19. The summed E-state index contributed by atoms with van der Waals surface area (Å²) in [7, 11) is 0. The van der Waals surface area contributed by atoms with E-state index in [1.54, 1.807) is 25.1 Å². The van der Waals surface area contributed by atoms with Gasteiger partial charge in [-0.15, -0.1) is 11.8 Å². The summed E-state index contributed by atoms with van der Waals surface area (Å²) in [5.74, 6) is 0.408. The fraction of sp³-hybridized carbons (Fsp3) is 0.462. The van der Waals surface area contributed by atoms with Gasteiger partial charge in [0.25, 0.3) is 0 Å². The summed E-state index contributed by atoms with van der Waals surface area (Å²) < 4.78 is 33.7. The van der Waals surface area contributed by atoms with Crippen LogP contribution in [0.1, 0.15) is 17.9 Å². The Hall–Kier alpha value is -1.34. The highest BCUT2D eigenvalue weighted by Crippen LogP contribution is 2.34. The third-order valence-electron chi connectivity index (χ3n) is 2.74. The number of esters is 1. The third kappa shape index (κ3) is 3.83. The molecule has 0 saturated carbocycles. The van der Waals surface area contributed by atoms with Gasteiger partial charge in [-0.25, -0.2) is 0 Å². The Kier molecular flexibility index (Phi) is 5.19. The number of benzene rings is 1. The van der Waals surface area contributed by atoms with E-state index in [-0.39, 0.29) is 23.1 Å². The first kappa shape index (κ1) is 15.1. The number of carbonyl (C=O) groups excluding carboxylic acids is 1. The molecule has 1 N–H and O–H groups in total. The van der Waals surface area contributed by atoms with Crippen molar-refractivity contribution >= 4 is 17.7 Å². The number of nitrogens with one attached hydrogen (secondary N) is 1. The molecule has 2 rings (SSSR count). The molecule has 0 radical (unpaired) electrons. The summed E-state index contributed by atoms with van der Waals surface area (Å²) in [6.45, 7) is -0.756. The fourth-order valence-corrected chi connectivity index (χ4v) is 3.11. The van der Waals surface area contributed by atoms with Crippen molar-refractivity contribution in [3.05, 3.63) is 29.8 Å². The van der Waals surface area contributed by atoms with Crippen LogP contribution in [0.15, 0.2) is 24.3 Å². The average molecular weight is 303 g/mol. The van der Waals surface area contributed by atoms with Gasteiger partial charge in [0.2, 0.25) is 0 Å². The third-order valence-corrected chi connectivity index (χ3v) is 4.01. The molecule has 110 valence electrons. The number of carbonyl (C=O) groups is 1. The lowest BCUT2D eigenvalue weighted by atomic mass is 10.2. The summed E-state index contributed by atoms with van der Waals surface area (Å²) in [5.41, 5.74) is 0.792. The van der Waals surface area contributed by atoms with Gasteiger partial charge >= 0.3 is 12.6 Å². The van der Waals surface area contributed by atoms with E-state index >= 15 is 0 Å². The highest BCUT2D eigenvalue weighted by Gasteiger charge is 2.31. The summed E-state index contributed by atoms with van der Waals surface area (Å²) in [6, 6.07) is 6.09. The first-order valence-corrected chi connectivity index (χ1v) is 7.24. The number of rotatable bonds is 5. The van der Waals surface area contributed by atoms with Crippen LogP contribution in [0.2, 0.25) is 0 Å². The van der Waals surface area contributed by atoms with Crippen LogP contribution in [-0.2, 0) is 9.53 Å². The minimum atomic E-state index is -2.85. The molecule has 1 aliphatic heterocycles. The quantitative estimate of drug-likeness (QED) is 0.847. The zero-order chi connectivity index (χ0) is 14.5. The van der Waals surface area contributed by atoms with Gasteiger partial charge in [-0.05, 0) is 24.6 Å². The summed E-state index contributed by atoms with van der Waals surface area (Å²) >= 11 is 1.53. The lowest BCUT2D eigenvalue weighted by molar-refractivity contribution is -0.144. The van der Waals surface area contributed by atoms with Gasteiger partial charge in [0.15, 0.2) is 0 Å². The number of ether oxygens (including phenoxy) is 2. The Labute approximate surface area is 119 Å². The molecule has 1 saturated heterocycles. The maximum Gasteiger partial charge on any atom is 0.387 e. The summed E-state index contributed by atoms with van der Waals surface area (Å²) in [6.07, 6.45) is 0. The molecule has 7 heteroatoms. The highest BCUT2D eigenvalue weighted by molar-refractivity contribution is 7.99. The largest absolute Gasteiger partial charge is 0.465 e. The predicted octanol–water partition coefficient (Wildman–Crippen LogP) is 2.55. The van der Waals surface area contributed by atoms with Gasteiger partial charge in [-0.1, -0.05) is 12.1 Å². The minimum Gasteiger partial charge on any atom is -0.465 e. The fourth-order valence-electron chi connectivity index (χ4n) is 1.90. The van der Waals surface area contributed by atoms with Crippen molar-refractivity contribution in [1.29, 1.82) is 0 Å². The molecular formula is C13H15F2NO3S. The van der Waals surface area contributed by atoms with Crippen molar-refractivity contribution in [3.63, 3.8) is 0 Å². The van der Waals surface area contributed by atoms with E-state index in [4.69, 9.17) is 4.74 Å². The van der Waals surface area contributed by atoms with Gasteiger partial charge < -0.3 is 9.47 Å². The number of thioether (sulfide) groups is 1. The van der Waals surface area contributed by atoms with Crippen LogP contribution >= 0.6 is 11.8 Å². The molecule has 1 fully saturated rings. The van der Waals surface area contributed by atoms with Crippen LogP contribution < -0.4 is 10.1 Å². The molecule has 1 heterocycles. The second kappa shape index (κ2) is 6.90. The molecule has 0 aromatic heterocycles. The van der Waals surface area contributed by atoms with Crippen LogP contribution in [0, 0.1) is 0 Å². The molecule has 1 aromatic rings. The zero-order valence-corrected chi connectivity index (χ0v) is 11.7. The zero-order valence-electron chi connectivity index (χ0n) is 10.8. The van der Waals surface area contributed by atoms with Crippen molar-refractivity contribution in [2.45, 2.75) is 25.0 Å². The van der Waals surface area contributed by atoms with Crippen LogP contribution in [-0.4, -0.2) is 31.0 Å². The van der Waals surface area contributed by atoms with Crippen LogP contribution in [0.3, 0.4) is 0 Å². The van der Waals surface area contributed by atoms with Crippen molar-refractivity contribution in [2.75, 3.05) is 12.4 Å². The van der Waals surface area contributed by atoms with Crippen LogP contribution in [0.4, 0.5) is 8.78 Å². The first-order chi connectivity index (χ1) is 9.60. The summed E-state index contributed by atoms with van der Waals surface area (Å²) in [5, 5.41) is 2.98. The molecule has 0 amide bonds. The van der Waals surface area contributed by atoms with Crippen molar-refractivity contribution < 1.29 is 23.0 Å². The Balaban J connectivity index is 2.01. The summed E-state index contributed by atoms with van der Waals surface area (Å²) in [4.78, 5) is 11.6. The molecule has 0 spiro atoms. The molecule has 0 bridgehead atoms. The highest BCUT2D eigenvalue weighted by atomic mass is 32.2. The normalized spacial score (nSPS) is 22.0. The van der Waals surface area contributed by atoms with E-state index in [2.05, 4.69) is 10.1 Å². The van der Waals surface area contributed by atoms with E-state index in [0.717, 1.165) is 5.56 Å².